The summed E-state index contributed by atoms with van der Waals surface area (Å²) in [7, 11) is -0.185. The minimum Gasteiger partial charge on any atom is -0.495 e. The van der Waals surface area contributed by atoms with Crippen LogP contribution in [0.25, 0.3) is 0 Å². The summed E-state index contributed by atoms with van der Waals surface area (Å²) in [5.74, 6) is -0.139. The van der Waals surface area contributed by atoms with E-state index in [0.717, 1.165) is 4.31 Å². The Kier molecular flexibility index (Phi) is 10.2. The van der Waals surface area contributed by atoms with Crippen molar-refractivity contribution < 1.29 is 32.2 Å². The molecule has 0 saturated heterocycles. The van der Waals surface area contributed by atoms with E-state index in [0.29, 0.717) is 12.3 Å². The second kappa shape index (κ2) is 13.4. The van der Waals surface area contributed by atoms with E-state index in [2.05, 4.69) is 10.6 Å². The highest BCUT2D eigenvalue weighted by molar-refractivity contribution is 7.92. The number of hydrogen-bond donors (Lipinski definition) is 2. The van der Waals surface area contributed by atoms with E-state index in [1.807, 2.05) is 13.8 Å². The van der Waals surface area contributed by atoms with E-state index in [1.54, 1.807) is 24.3 Å². The summed E-state index contributed by atoms with van der Waals surface area (Å²) in [6.07, 6.45) is 0. The van der Waals surface area contributed by atoms with Crippen molar-refractivity contribution in [3.05, 3.63) is 71.2 Å². The van der Waals surface area contributed by atoms with Crippen LogP contribution in [0.1, 0.15) is 24.2 Å². The number of hydrogen-bond acceptors (Lipinski definition) is 7. The van der Waals surface area contributed by atoms with Crippen molar-refractivity contribution in [3.8, 4) is 17.2 Å². The van der Waals surface area contributed by atoms with Crippen molar-refractivity contribution in [2.75, 3.05) is 44.0 Å². The number of para-hydroxylation sites is 1. The van der Waals surface area contributed by atoms with Gasteiger partial charge in [0.15, 0.2) is 11.5 Å². The Morgan fingerprint density at radius 1 is 0.900 bits per heavy atom. The van der Waals surface area contributed by atoms with E-state index in [9.17, 15) is 18.0 Å². The molecule has 0 bridgehead atoms. The van der Waals surface area contributed by atoms with Gasteiger partial charge in [-0.2, -0.15) is 0 Å². The number of anilines is 2. The van der Waals surface area contributed by atoms with Crippen LogP contribution in [0.15, 0.2) is 65.6 Å². The Hall–Kier alpha value is -3.96. The first-order valence-corrected chi connectivity index (χ1v) is 14.1. The lowest BCUT2D eigenvalue weighted by Crippen LogP contribution is -2.38. The van der Waals surface area contributed by atoms with Gasteiger partial charge in [-0.25, -0.2) is 8.42 Å². The fourth-order valence-electron chi connectivity index (χ4n) is 3.76. The second-order valence-corrected chi connectivity index (χ2v) is 11.3. The highest BCUT2D eigenvalue weighted by Crippen LogP contribution is 2.37. The molecule has 3 rings (SSSR count). The van der Waals surface area contributed by atoms with Gasteiger partial charge >= 0.3 is 0 Å². The van der Waals surface area contributed by atoms with Gasteiger partial charge < -0.3 is 24.8 Å². The predicted octanol–water partition coefficient (Wildman–Crippen LogP) is 4.59. The monoisotopic (exact) mass is 589 g/mol. The van der Waals surface area contributed by atoms with Crippen molar-refractivity contribution in [2.24, 2.45) is 5.92 Å². The summed E-state index contributed by atoms with van der Waals surface area (Å²) in [5, 5.41) is 5.72. The van der Waals surface area contributed by atoms with Gasteiger partial charge in [-0.3, -0.25) is 13.9 Å². The molecule has 2 N–H and O–H groups in total. The van der Waals surface area contributed by atoms with Crippen molar-refractivity contribution in [3.63, 3.8) is 0 Å². The largest absolute Gasteiger partial charge is 0.495 e. The highest BCUT2D eigenvalue weighted by atomic mass is 35.5. The zero-order valence-electron chi connectivity index (χ0n) is 22.9. The summed E-state index contributed by atoms with van der Waals surface area (Å²) in [6.45, 7) is 3.72. The van der Waals surface area contributed by atoms with E-state index in [4.69, 9.17) is 25.8 Å². The van der Waals surface area contributed by atoms with Gasteiger partial charge in [0, 0.05) is 17.6 Å². The lowest BCUT2D eigenvalue weighted by atomic mass is 10.1. The molecule has 0 radical (unpaired) electrons. The van der Waals surface area contributed by atoms with Gasteiger partial charge in [0.1, 0.15) is 12.3 Å². The molecule has 214 valence electrons. The molecule has 0 saturated carbocycles. The number of sulfonamides is 1. The lowest BCUT2D eigenvalue weighted by Gasteiger charge is -2.26. The van der Waals surface area contributed by atoms with Crippen LogP contribution in [0.5, 0.6) is 17.2 Å². The molecule has 3 aromatic rings. The summed E-state index contributed by atoms with van der Waals surface area (Å²) in [4.78, 5) is 25.9. The normalized spacial score (nSPS) is 11.1. The molecule has 0 aromatic heterocycles. The van der Waals surface area contributed by atoms with E-state index in [-0.39, 0.29) is 50.2 Å². The van der Waals surface area contributed by atoms with Crippen LogP contribution in [-0.2, 0) is 14.8 Å². The van der Waals surface area contributed by atoms with Crippen LogP contribution in [0.2, 0.25) is 5.02 Å². The molecule has 0 aliphatic rings. The third kappa shape index (κ3) is 7.16. The molecule has 0 atom stereocenters. The fraction of sp³-hybridized carbons (Fsp3) is 0.286. The Balaban J connectivity index is 2.03. The van der Waals surface area contributed by atoms with Crippen molar-refractivity contribution >= 4 is 44.8 Å². The van der Waals surface area contributed by atoms with Gasteiger partial charge in [-0.15, -0.1) is 0 Å². The molecule has 12 heteroatoms. The number of carbonyl (C=O) groups excluding carboxylic acids is 2. The summed E-state index contributed by atoms with van der Waals surface area (Å²) in [6, 6.07) is 15.0. The minimum absolute atomic E-state index is 0.0443. The molecular weight excluding hydrogens is 558 g/mol. The molecule has 2 amide bonds. The summed E-state index contributed by atoms with van der Waals surface area (Å²) >= 11 is 6.22. The molecule has 40 heavy (non-hydrogen) atoms. The van der Waals surface area contributed by atoms with Gasteiger partial charge in [-0.1, -0.05) is 37.6 Å². The number of benzene rings is 3. The fourth-order valence-corrected chi connectivity index (χ4v) is 5.37. The maximum atomic E-state index is 14.0. The van der Waals surface area contributed by atoms with Gasteiger partial charge in [0.25, 0.3) is 15.9 Å². The SMILES string of the molecule is COc1ccc(S(=O)(=O)N(CC(=O)Nc2ccccc2C(=O)NCC(C)C)c2cc(Cl)ccc2OC)cc1OC. The molecule has 0 aliphatic heterocycles. The van der Waals surface area contributed by atoms with Gasteiger partial charge in [0.2, 0.25) is 5.91 Å². The smallest absolute Gasteiger partial charge is 0.265 e. The molecule has 0 fully saturated rings. The maximum absolute atomic E-state index is 14.0. The Labute approximate surface area is 239 Å². The van der Waals surface area contributed by atoms with Crippen molar-refractivity contribution in [2.45, 2.75) is 18.7 Å². The third-order valence-corrected chi connectivity index (χ3v) is 7.75. The number of nitrogens with one attached hydrogen (secondary N) is 2. The van der Waals surface area contributed by atoms with E-state index >= 15 is 0 Å². The van der Waals surface area contributed by atoms with E-state index in [1.165, 1.54) is 57.7 Å². The Bertz CT molecular complexity index is 1480. The molecule has 0 heterocycles. The van der Waals surface area contributed by atoms with Crippen molar-refractivity contribution in [1.29, 1.82) is 0 Å². The lowest BCUT2D eigenvalue weighted by molar-refractivity contribution is -0.114. The highest BCUT2D eigenvalue weighted by Gasteiger charge is 2.31. The van der Waals surface area contributed by atoms with Crippen LogP contribution in [0.4, 0.5) is 11.4 Å². The summed E-state index contributed by atoms with van der Waals surface area (Å²) in [5.41, 5.74) is 0.518. The molecular formula is C28H32ClN3O7S. The predicted molar refractivity (Wildman–Crippen MR) is 154 cm³/mol. The number of nitrogens with zero attached hydrogens (tertiary/aromatic N) is 1. The molecule has 0 aliphatic carbocycles. The number of halogens is 1. The molecule has 0 spiro atoms. The standard InChI is InChI=1S/C28H32ClN3O7S/c1-18(2)16-30-28(34)21-8-6-7-9-22(21)31-27(33)17-32(23-14-19(29)10-12-24(23)37-3)40(35,36)20-11-13-25(38-4)26(15-20)39-5/h6-15,18H,16-17H2,1-5H3,(H,30,34)(H,31,33). The topological polar surface area (TPSA) is 123 Å². The minimum atomic E-state index is -4.37. The van der Waals surface area contributed by atoms with Gasteiger partial charge in [0.05, 0.1) is 43.2 Å². The molecule has 0 unspecified atom stereocenters. The maximum Gasteiger partial charge on any atom is 0.265 e. The number of amides is 2. The number of methoxy groups -OCH3 is 3. The van der Waals surface area contributed by atoms with Crippen LogP contribution in [0.3, 0.4) is 0 Å². The first-order chi connectivity index (χ1) is 19.0. The first kappa shape index (κ1) is 30.6. The first-order valence-electron chi connectivity index (χ1n) is 12.3. The van der Waals surface area contributed by atoms with Crippen LogP contribution in [0, 0.1) is 5.92 Å². The number of carbonyl (C=O) groups is 2. The Morgan fingerprint density at radius 3 is 2.20 bits per heavy atom. The average Bonchev–Trinajstić information content (AvgIpc) is 2.94. The zero-order chi connectivity index (χ0) is 29.4. The number of rotatable bonds is 12. The summed E-state index contributed by atoms with van der Waals surface area (Å²) < 4.78 is 44.7. The van der Waals surface area contributed by atoms with Crippen molar-refractivity contribution in [1.82, 2.24) is 5.32 Å². The second-order valence-electron chi connectivity index (χ2n) is 9.04. The average molecular weight is 590 g/mol. The molecule has 3 aromatic carbocycles. The van der Waals surface area contributed by atoms with Crippen LogP contribution in [-0.4, -0.2) is 54.7 Å². The quantitative estimate of drug-likeness (QED) is 0.317. The van der Waals surface area contributed by atoms with Gasteiger partial charge in [-0.05, 0) is 48.4 Å². The zero-order valence-corrected chi connectivity index (χ0v) is 24.4. The van der Waals surface area contributed by atoms with Crippen LogP contribution < -0.4 is 29.1 Å². The number of ether oxygens (including phenoxy) is 3. The van der Waals surface area contributed by atoms with Crippen LogP contribution >= 0.6 is 11.6 Å². The Morgan fingerprint density at radius 2 is 1.55 bits per heavy atom. The van der Waals surface area contributed by atoms with E-state index < -0.39 is 22.5 Å². The molecule has 10 nitrogen and oxygen atoms in total. The third-order valence-electron chi connectivity index (χ3n) is 5.76.